The van der Waals surface area contributed by atoms with Gasteiger partial charge in [-0.3, -0.25) is 4.79 Å². The van der Waals surface area contributed by atoms with Gasteiger partial charge in [-0.05, 0) is 13.0 Å². The zero-order valence-corrected chi connectivity index (χ0v) is 15.0. The van der Waals surface area contributed by atoms with Crippen molar-refractivity contribution in [2.75, 3.05) is 24.7 Å². The van der Waals surface area contributed by atoms with Crippen LogP contribution in [0.15, 0.2) is 24.3 Å². The third kappa shape index (κ3) is 3.20. The number of esters is 1. The largest absolute Gasteiger partial charge is 0.464 e. The molecule has 1 aromatic carbocycles. The number of carbonyl (C=O) groups is 2. The molecule has 0 spiro atoms. The lowest BCUT2D eigenvalue weighted by atomic mass is 10.2. The molecule has 2 aromatic rings. The van der Waals surface area contributed by atoms with Crippen LogP contribution in [0.25, 0.3) is 10.1 Å². The van der Waals surface area contributed by atoms with Gasteiger partial charge in [0.15, 0.2) is 0 Å². The number of rotatable bonds is 3. The monoisotopic (exact) mass is 369 g/mol. The standard InChI is InChI=1S/C16H16ClNO3S2/c1-2-21-16(20)11-9-22-8-7-18(11)15(19)14-13(17)10-5-3-4-6-12(10)23-14/h3-6,11H,2,7-9H2,1H3. The summed E-state index contributed by atoms with van der Waals surface area (Å²) in [5.41, 5.74) is 0. The van der Waals surface area contributed by atoms with E-state index in [0.717, 1.165) is 15.8 Å². The van der Waals surface area contributed by atoms with Crippen LogP contribution in [0.2, 0.25) is 5.02 Å². The quantitative estimate of drug-likeness (QED) is 0.774. The van der Waals surface area contributed by atoms with E-state index in [9.17, 15) is 9.59 Å². The average Bonchev–Trinajstić information content (AvgIpc) is 2.92. The Kier molecular flexibility index (Phi) is 5.14. The van der Waals surface area contributed by atoms with Gasteiger partial charge in [-0.25, -0.2) is 4.79 Å². The van der Waals surface area contributed by atoms with Crippen LogP contribution < -0.4 is 0 Å². The van der Waals surface area contributed by atoms with E-state index in [1.54, 1.807) is 23.6 Å². The number of ether oxygens (including phenoxy) is 1. The van der Waals surface area contributed by atoms with Gasteiger partial charge < -0.3 is 9.64 Å². The summed E-state index contributed by atoms with van der Waals surface area (Å²) in [5.74, 6) is 0.844. The van der Waals surface area contributed by atoms with Crippen LogP contribution in [0.3, 0.4) is 0 Å². The number of fused-ring (bicyclic) bond motifs is 1. The summed E-state index contributed by atoms with van der Waals surface area (Å²) in [7, 11) is 0. The number of carbonyl (C=O) groups excluding carboxylic acids is 2. The molecule has 1 amide bonds. The highest BCUT2D eigenvalue weighted by atomic mass is 35.5. The molecule has 23 heavy (non-hydrogen) atoms. The number of nitrogens with zero attached hydrogens (tertiary/aromatic N) is 1. The minimum absolute atomic E-state index is 0.186. The minimum atomic E-state index is -0.539. The van der Waals surface area contributed by atoms with Crippen molar-refractivity contribution in [1.29, 1.82) is 0 Å². The van der Waals surface area contributed by atoms with Crippen molar-refractivity contribution in [3.8, 4) is 0 Å². The van der Waals surface area contributed by atoms with E-state index >= 15 is 0 Å². The van der Waals surface area contributed by atoms with Crippen LogP contribution >= 0.6 is 34.7 Å². The third-order valence-electron chi connectivity index (χ3n) is 3.68. The molecule has 1 atom stereocenters. The first kappa shape index (κ1) is 16.6. The molecule has 0 aliphatic carbocycles. The van der Waals surface area contributed by atoms with Crippen molar-refractivity contribution >= 4 is 56.7 Å². The van der Waals surface area contributed by atoms with E-state index < -0.39 is 6.04 Å². The van der Waals surface area contributed by atoms with Crippen LogP contribution in [-0.2, 0) is 9.53 Å². The summed E-state index contributed by atoms with van der Waals surface area (Å²) in [6.45, 7) is 2.60. The lowest BCUT2D eigenvalue weighted by Gasteiger charge is -2.33. The zero-order valence-electron chi connectivity index (χ0n) is 12.6. The third-order valence-corrected chi connectivity index (χ3v) is 6.36. The fraction of sp³-hybridized carbons (Fsp3) is 0.375. The summed E-state index contributed by atoms with van der Waals surface area (Å²) in [5, 5.41) is 1.35. The molecular weight excluding hydrogens is 354 g/mol. The van der Waals surface area contributed by atoms with E-state index in [1.807, 2.05) is 24.3 Å². The molecule has 0 saturated carbocycles. The van der Waals surface area contributed by atoms with Gasteiger partial charge in [0.2, 0.25) is 0 Å². The normalized spacial score (nSPS) is 18.2. The van der Waals surface area contributed by atoms with Crippen molar-refractivity contribution in [3.05, 3.63) is 34.2 Å². The Morgan fingerprint density at radius 1 is 1.39 bits per heavy atom. The van der Waals surface area contributed by atoms with Gasteiger partial charge in [-0.2, -0.15) is 11.8 Å². The molecule has 3 rings (SSSR count). The van der Waals surface area contributed by atoms with Crippen molar-refractivity contribution < 1.29 is 14.3 Å². The van der Waals surface area contributed by atoms with Crippen LogP contribution in [-0.4, -0.2) is 47.5 Å². The molecule has 1 aromatic heterocycles. The molecule has 1 saturated heterocycles. The first-order valence-electron chi connectivity index (χ1n) is 7.36. The smallest absolute Gasteiger partial charge is 0.329 e. The van der Waals surface area contributed by atoms with Gasteiger partial charge in [0.05, 0.1) is 11.6 Å². The lowest BCUT2D eigenvalue weighted by molar-refractivity contribution is -0.147. The Bertz CT molecular complexity index is 746. The van der Waals surface area contributed by atoms with E-state index in [0.29, 0.717) is 28.8 Å². The second-order valence-corrected chi connectivity index (χ2v) is 7.66. The minimum Gasteiger partial charge on any atom is -0.464 e. The van der Waals surface area contributed by atoms with E-state index in [4.69, 9.17) is 16.3 Å². The first-order valence-corrected chi connectivity index (χ1v) is 9.70. The van der Waals surface area contributed by atoms with Gasteiger partial charge in [0.25, 0.3) is 5.91 Å². The molecule has 0 bridgehead atoms. The fourth-order valence-electron chi connectivity index (χ4n) is 2.56. The Hall–Kier alpha value is -1.24. The highest BCUT2D eigenvalue weighted by molar-refractivity contribution is 7.99. The number of thiophene rings is 1. The first-order chi connectivity index (χ1) is 11.1. The Morgan fingerprint density at radius 3 is 2.91 bits per heavy atom. The van der Waals surface area contributed by atoms with Gasteiger partial charge in [-0.15, -0.1) is 11.3 Å². The maximum Gasteiger partial charge on any atom is 0.329 e. The molecule has 0 N–H and O–H groups in total. The van der Waals surface area contributed by atoms with Crippen LogP contribution in [0.1, 0.15) is 16.6 Å². The number of benzene rings is 1. The molecule has 2 heterocycles. The van der Waals surface area contributed by atoms with Crippen molar-refractivity contribution in [2.45, 2.75) is 13.0 Å². The molecule has 1 fully saturated rings. The number of amides is 1. The second kappa shape index (κ2) is 7.11. The van der Waals surface area contributed by atoms with Crippen LogP contribution in [0.5, 0.6) is 0 Å². The van der Waals surface area contributed by atoms with Crippen LogP contribution in [0, 0.1) is 0 Å². The summed E-state index contributed by atoms with van der Waals surface area (Å²) in [4.78, 5) is 27.2. The Morgan fingerprint density at radius 2 is 2.17 bits per heavy atom. The maximum absolute atomic E-state index is 12.9. The number of halogens is 1. The molecule has 1 aliphatic rings. The van der Waals surface area contributed by atoms with Crippen LogP contribution in [0.4, 0.5) is 0 Å². The second-order valence-electron chi connectivity index (χ2n) is 5.08. The van der Waals surface area contributed by atoms with Gasteiger partial charge in [0.1, 0.15) is 10.9 Å². The summed E-state index contributed by atoms with van der Waals surface area (Å²) >= 11 is 9.43. The van der Waals surface area contributed by atoms with E-state index in [-0.39, 0.29) is 11.9 Å². The predicted molar refractivity (Wildman–Crippen MR) is 95.6 cm³/mol. The molecule has 0 radical (unpaired) electrons. The van der Waals surface area contributed by atoms with Crippen molar-refractivity contribution in [3.63, 3.8) is 0 Å². The van der Waals surface area contributed by atoms with Crippen molar-refractivity contribution in [1.82, 2.24) is 4.90 Å². The topological polar surface area (TPSA) is 46.6 Å². The Balaban J connectivity index is 1.93. The maximum atomic E-state index is 12.9. The molecule has 4 nitrogen and oxygen atoms in total. The zero-order chi connectivity index (χ0) is 16.4. The molecule has 1 aliphatic heterocycles. The fourth-order valence-corrected chi connectivity index (χ4v) is 5.06. The average molecular weight is 370 g/mol. The van der Waals surface area contributed by atoms with Gasteiger partial charge in [-0.1, -0.05) is 29.8 Å². The molecule has 122 valence electrons. The Labute approximate surface area is 147 Å². The summed E-state index contributed by atoms with van der Waals surface area (Å²) < 4.78 is 6.08. The highest BCUT2D eigenvalue weighted by Crippen LogP contribution is 2.36. The summed E-state index contributed by atoms with van der Waals surface area (Å²) in [6.07, 6.45) is 0. The van der Waals surface area contributed by atoms with Crippen molar-refractivity contribution in [2.24, 2.45) is 0 Å². The SMILES string of the molecule is CCOC(=O)C1CSCCN1C(=O)c1sc2ccccc2c1Cl. The molecule has 7 heteroatoms. The van der Waals surface area contributed by atoms with Gasteiger partial charge >= 0.3 is 5.97 Å². The number of hydrogen-bond acceptors (Lipinski definition) is 5. The summed E-state index contributed by atoms with van der Waals surface area (Å²) in [6, 6.07) is 7.12. The molecular formula is C16H16ClNO3S2. The highest BCUT2D eigenvalue weighted by Gasteiger charge is 2.35. The molecule has 1 unspecified atom stereocenters. The number of thioether (sulfide) groups is 1. The van der Waals surface area contributed by atoms with E-state index in [2.05, 4.69) is 0 Å². The number of hydrogen-bond donors (Lipinski definition) is 0. The van der Waals surface area contributed by atoms with Gasteiger partial charge in [0, 0.05) is 28.1 Å². The lowest BCUT2D eigenvalue weighted by Crippen LogP contribution is -2.50. The van der Waals surface area contributed by atoms with E-state index in [1.165, 1.54) is 11.3 Å². The predicted octanol–water partition coefficient (Wildman–Crippen LogP) is 3.68.